The van der Waals surface area contributed by atoms with E-state index >= 15 is 0 Å². The van der Waals surface area contributed by atoms with Gasteiger partial charge in [-0.05, 0) is 48.9 Å². The van der Waals surface area contributed by atoms with Crippen LogP contribution in [0.2, 0.25) is 0 Å². The van der Waals surface area contributed by atoms with Gasteiger partial charge in [0.1, 0.15) is 5.75 Å². The van der Waals surface area contributed by atoms with Gasteiger partial charge >= 0.3 is 5.97 Å². The molecule has 1 N–H and O–H groups in total. The third kappa shape index (κ3) is 5.42. The van der Waals surface area contributed by atoms with Gasteiger partial charge in [0.15, 0.2) is 0 Å². The number of anilines is 2. The van der Waals surface area contributed by atoms with Gasteiger partial charge in [-0.2, -0.15) is 0 Å². The van der Waals surface area contributed by atoms with Crippen LogP contribution in [0.5, 0.6) is 5.75 Å². The highest BCUT2D eigenvalue weighted by Gasteiger charge is 2.26. The molecular weight excluding hydrogens is 392 g/mol. The van der Waals surface area contributed by atoms with E-state index in [4.69, 9.17) is 9.47 Å². The number of methoxy groups -OCH3 is 1. The first kappa shape index (κ1) is 21.9. The third-order valence-electron chi connectivity index (χ3n) is 4.80. The van der Waals surface area contributed by atoms with E-state index in [9.17, 15) is 9.59 Å². The number of rotatable bonds is 7. The van der Waals surface area contributed by atoms with Crippen LogP contribution in [0.25, 0.3) is 0 Å². The summed E-state index contributed by atoms with van der Waals surface area (Å²) in [4.78, 5) is 27.9. The second-order valence-corrected chi connectivity index (χ2v) is 7.33. The number of nitrogens with one attached hydrogen (secondary N) is 1. The van der Waals surface area contributed by atoms with Crippen LogP contribution in [0, 0.1) is 6.92 Å². The number of aryl methyl sites for hydroxylation is 1. The maximum atomic E-state index is 13.2. The molecule has 1 amide bonds. The third-order valence-corrected chi connectivity index (χ3v) is 4.80. The van der Waals surface area contributed by atoms with Crippen molar-refractivity contribution in [3.63, 3.8) is 0 Å². The van der Waals surface area contributed by atoms with E-state index < -0.39 is 18.0 Å². The molecule has 3 aromatic rings. The summed E-state index contributed by atoms with van der Waals surface area (Å²) in [7, 11) is 5.37. The van der Waals surface area contributed by atoms with E-state index in [1.165, 1.54) is 7.11 Å². The Bertz CT molecular complexity index is 1050. The number of hydrogen-bond acceptors (Lipinski definition) is 5. The van der Waals surface area contributed by atoms with Gasteiger partial charge in [0.2, 0.25) is 6.10 Å². The lowest BCUT2D eigenvalue weighted by molar-refractivity contribution is -0.125. The van der Waals surface area contributed by atoms with Crippen LogP contribution >= 0.6 is 0 Å². The molecule has 0 fully saturated rings. The second-order valence-electron chi connectivity index (χ2n) is 7.33. The van der Waals surface area contributed by atoms with Crippen molar-refractivity contribution in [3.8, 4) is 5.75 Å². The van der Waals surface area contributed by atoms with Crippen LogP contribution in [0.3, 0.4) is 0 Å². The average molecular weight is 418 g/mol. The number of esters is 1. The highest BCUT2D eigenvalue weighted by atomic mass is 16.5. The van der Waals surface area contributed by atoms with Crippen LogP contribution in [0.15, 0.2) is 72.8 Å². The summed E-state index contributed by atoms with van der Waals surface area (Å²) in [5.41, 5.74) is 3.38. The first-order valence-electron chi connectivity index (χ1n) is 9.88. The van der Waals surface area contributed by atoms with Gasteiger partial charge in [-0.1, -0.05) is 36.4 Å². The molecule has 3 rings (SSSR count). The predicted molar refractivity (Wildman–Crippen MR) is 122 cm³/mol. The minimum absolute atomic E-state index is 0.368. The fourth-order valence-corrected chi connectivity index (χ4v) is 3.09. The largest absolute Gasteiger partial charge is 0.495 e. The smallest absolute Gasteiger partial charge is 0.339 e. The van der Waals surface area contributed by atoms with E-state index in [0.29, 0.717) is 22.6 Å². The number of benzene rings is 3. The molecular formula is C25H26N2O4. The Balaban J connectivity index is 1.86. The Morgan fingerprint density at radius 1 is 0.935 bits per heavy atom. The van der Waals surface area contributed by atoms with Crippen molar-refractivity contribution in [2.24, 2.45) is 0 Å². The Morgan fingerprint density at radius 3 is 2.23 bits per heavy atom. The number of nitrogens with zero attached hydrogens (tertiary/aromatic N) is 1. The molecule has 3 aromatic carbocycles. The van der Waals surface area contributed by atoms with Crippen molar-refractivity contribution in [1.82, 2.24) is 0 Å². The van der Waals surface area contributed by atoms with Gasteiger partial charge in [-0.3, -0.25) is 4.79 Å². The van der Waals surface area contributed by atoms with Crippen LogP contribution in [0.1, 0.15) is 27.6 Å². The molecule has 0 aliphatic heterocycles. The SMILES string of the molecule is COc1ccc(C)cc1NC(=O)[C@H](OC(=O)c1ccc(N(C)C)cc1)c1ccccc1. The summed E-state index contributed by atoms with van der Waals surface area (Å²) < 4.78 is 11.0. The number of hydrogen-bond donors (Lipinski definition) is 1. The molecule has 0 saturated heterocycles. The minimum Gasteiger partial charge on any atom is -0.495 e. The van der Waals surface area contributed by atoms with Gasteiger partial charge < -0.3 is 19.7 Å². The topological polar surface area (TPSA) is 67.9 Å². The number of ether oxygens (including phenoxy) is 2. The Morgan fingerprint density at radius 2 is 1.61 bits per heavy atom. The lowest BCUT2D eigenvalue weighted by Crippen LogP contribution is -2.26. The van der Waals surface area contributed by atoms with Gasteiger partial charge in [0.05, 0.1) is 18.4 Å². The highest BCUT2D eigenvalue weighted by molar-refractivity contribution is 5.99. The molecule has 0 aliphatic carbocycles. The second kappa shape index (κ2) is 9.80. The van der Waals surface area contributed by atoms with E-state index in [1.807, 2.05) is 50.2 Å². The fourth-order valence-electron chi connectivity index (χ4n) is 3.09. The van der Waals surface area contributed by atoms with Gasteiger partial charge in [-0.25, -0.2) is 4.79 Å². The molecule has 0 bridgehead atoms. The molecule has 0 saturated carbocycles. The fraction of sp³-hybridized carbons (Fsp3) is 0.200. The van der Waals surface area contributed by atoms with E-state index in [-0.39, 0.29) is 0 Å². The molecule has 0 aliphatic rings. The number of carbonyl (C=O) groups excluding carboxylic acids is 2. The number of amides is 1. The molecule has 0 spiro atoms. The molecule has 0 unspecified atom stereocenters. The first-order valence-corrected chi connectivity index (χ1v) is 9.88. The van der Waals surface area contributed by atoms with Crippen molar-refractivity contribution in [3.05, 3.63) is 89.5 Å². The van der Waals surface area contributed by atoms with Crippen LogP contribution < -0.4 is 15.0 Å². The van der Waals surface area contributed by atoms with Crippen molar-refractivity contribution in [2.45, 2.75) is 13.0 Å². The van der Waals surface area contributed by atoms with Crippen LogP contribution in [-0.2, 0) is 9.53 Å². The van der Waals surface area contributed by atoms with Gasteiger partial charge in [-0.15, -0.1) is 0 Å². The molecule has 31 heavy (non-hydrogen) atoms. The molecule has 0 radical (unpaired) electrons. The lowest BCUT2D eigenvalue weighted by Gasteiger charge is -2.19. The Hall–Kier alpha value is -3.80. The minimum atomic E-state index is -1.12. The van der Waals surface area contributed by atoms with Gasteiger partial charge in [0.25, 0.3) is 5.91 Å². The zero-order chi connectivity index (χ0) is 22.4. The zero-order valence-corrected chi connectivity index (χ0v) is 18.1. The summed E-state index contributed by atoms with van der Waals surface area (Å²) in [6.07, 6.45) is -1.12. The molecule has 0 heterocycles. The van der Waals surface area contributed by atoms with E-state index in [2.05, 4.69) is 5.32 Å². The summed E-state index contributed by atoms with van der Waals surface area (Å²) in [6, 6.07) is 21.4. The molecule has 6 heteroatoms. The maximum absolute atomic E-state index is 13.2. The van der Waals surface area contributed by atoms with E-state index in [0.717, 1.165) is 11.3 Å². The lowest BCUT2D eigenvalue weighted by atomic mass is 10.1. The molecule has 6 nitrogen and oxygen atoms in total. The van der Waals surface area contributed by atoms with Crippen molar-refractivity contribution < 1.29 is 19.1 Å². The van der Waals surface area contributed by atoms with E-state index in [1.54, 1.807) is 48.5 Å². The normalized spacial score (nSPS) is 11.4. The standard InChI is InChI=1S/C25H26N2O4/c1-17-10-15-22(30-4)21(16-17)26-24(28)23(18-8-6-5-7-9-18)31-25(29)19-11-13-20(14-12-19)27(2)3/h5-16,23H,1-4H3,(H,26,28)/t23-/m1/s1. The number of carbonyl (C=O) groups is 2. The zero-order valence-electron chi connectivity index (χ0n) is 18.1. The van der Waals surface area contributed by atoms with Crippen molar-refractivity contribution in [1.29, 1.82) is 0 Å². The maximum Gasteiger partial charge on any atom is 0.339 e. The van der Waals surface area contributed by atoms with Crippen molar-refractivity contribution >= 4 is 23.3 Å². The Kier molecular flexibility index (Phi) is 6.92. The van der Waals surface area contributed by atoms with Gasteiger partial charge in [0, 0.05) is 25.3 Å². The average Bonchev–Trinajstić information content (AvgIpc) is 2.78. The van der Waals surface area contributed by atoms with Crippen molar-refractivity contribution in [2.75, 3.05) is 31.4 Å². The summed E-state index contributed by atoms with van der Waals surface area (Å²) in [6.45, 7) is 1.92. The monoisotopic (exact) mass is 418 g/mol. The molecule has 1 atom stereocenters. The highest BCUT2D eigenvalue weighted by Crippen LogP contribution is 2.28. The quantitative estimate of drug-likeness (QED) is 0.568. The molecule has 0 aromatic heterocycles. The molecule has 160 valence electrons. The summed E-state index contributed by atoms with van der Waals surface area (Å²) in [5, 5.41) is 2.83. The van der Waals surface area contributed by atoms with Crippen LogP contribution in [-0.4, -0.2) is 33.1 Å². The Labute approximate surface area is 182 Å². The van der Waals surface area contributed by atoms with Crippen LogP contribution in [0.4, 0.5) is 11.4 Å². The predicted octanol–water partition coefficient (Wildman–Crippen LogP) is 4.61. The summed E-state index contributed by atoms with van der Waals surface area (Å²) in [5.74, 6) is -0.518. The first-order chi connectivity index (χ1) is 14.9. The summed E-state index contributed by atoms with van der Waals surface area (Å²) >= 11 is 0.